The summed E-state index contributed by atoms with van der Waals surface area (Å²) in [4.78, 5) is 52.1. The molecule has 0 saturated heterocycles. The summed E-state index contributed by atoms with van der Waals surface area (Å²) in [6.07, 6.45) is -0.657. The molecule has 0 bridgehead atoms. The van der Waals surface area contributed by atoms with Crippen LogP contribution in [0, 0.1) is 5.92 Å². The molecule has 2 aromatic carbocycles. The second kappa shape index (κ2) is 14.9. The predicted molar refractivity (Wildman–Crippen MR) is 152 cm³/mol. The maximum Gasteiger partial charge on any atom is 0.338 e. The molecule has 0 aliphatic rings. The number of ketones is 1. The van der Waals surface area contributed by atoms with Gasteiger partial charge in [-0.1, -0.05) is 49.0 Å². The summed E-state index contributed by atoms with van der Waals surface area (Å²) in [6, 6.07) is 12.6. The Morgan fingerprint density at radius 3 is 2.44 bits per heavy atom. The van der Waals surface area contributed by atoms with Gasteiger partial charge in [0.1, 0.15) is 18.8 Å². The number of methoxy groups -OCH3 is 1. The van der Waals surface area contributed by atoms with Crippen molar-refractivity contribution in [3.63, 3.8) is 0 Å². The molecular weight excluding hydrogens is 548 g/mol. The van der Waals surface area contributed by atoms with Gasteiger partial charge in [-0.2, -0.15) is 0 Å². The number of aryl methyl sites for hydroxylation is 1. The molecule has 0 saturated carbocycles. The van der Waals surface area contributed by atoms with Gasteiger partial charge in [-0.05, 0) is 40.0 Å². The van der Waals surface area contributed by atoms with Crippen molar-refractivity contribution in [2.75, 3.05) is 12.9 Å². The van der Waals surface area contributed by atoms with Gasteiger partial charge < -0.3 is 20.5 Å². The topological polar surface area (TPSA) is 167 Å². The molecule has 4 N–H and O–H groups in total. The highest BCUT2D eigenvalue weighted by Gasteiger charge is 2.30. The normalized spacial score (nSPS) is 12.4. The van der Waals surface area contributed by atoms with Gasteiger partial charge >= 0.3 is 11.8 Å². The molecule has 0 spiro atoms. The predicted octanol–water partition coefficient (Wildman–Crippen LogP) is 1.45. The maximum atomic E-state index is 13.2. The molecule has 12 nitrogen and oxygen atoms in total. The highest BCUT2D eigenvalue weighted by molar-refractivity contribution is 7.99. The van der Waals surface area contributed by atoms with E-state index in [-0.39, 0.29) is 18.1 Å². The summed E-state index contributed by atoms with van der Waals surface area (Å²) in [7, 11) is 3.19. The van der Waals surface area contributed by atoms with Gasteiger partial charge in [-0.3, -0.25) is 19.2 Å². The van der Waals surface area contributed by atoms with Gasteiger partial charge in [0, 0.05) is 11.3 Å². The Bertz CT molecular complexity index is 1360. The highest BCUT2D eigenvalue weighted by atomic mass is 32.2. The molecule has 0 aliphatic heterocycles. The number of carbonyl (C=O) groups excluding carboxylic acids is 3. The summed E-state index contributed by atoms with van der Waals surface area (Å²) in [6.45, 7) is 3.50. The Labute approximate surface area is 242 Å². The van der Waals surface area contributed by atoms with E-state index in [1.54, 1.807) is 39.1 Å². The molecule has 2 amide bonds. The summed E-state index contributed by atoms with van der Waals surface area (Å²) >= 11 is 1.34. The minimum atomic E-state index is -1.22. The lowest BCUT2D eigenvalue weighted by molar-refractivity contribution is -0.783. The number of H-pyrrole nitrogens is 1. The quantitative estimate of drug-likeness (QED) is 0.194. The van der Waals surface area contributed by atoms with E-state index in [1.807, 2.05) is 30.3 Å². The van der Waals surface area contributed by atoms with Gasteiger partial charge in [0.2, 0.25) is 11.8 Å². The molecule has 1 aromatic heterocycles. The first-order valence-electron chi connectivity index (χ1n) is 13.0. The number of hydrogen-bond donors (Lipinski definition) is 4. The SMILES string of the molecule is COc1ccc(-c2n[nH][n+](C)n2)cc1CC(=O)N[C@H](C(=O)NC(CC(=O)O)C(=O)CSCc1ccccc1)C(C)C. The highest BCUT2D eigenvalue weighted by Crippen LogP contribution is 2.25. The van der Waals surface area contributed by atoms with Gasteiger partial charge in [0.25, 0.3) is 0 Å². The van der Waals surface area contributed by atoms with E-state index in [0.717, 1.165) is 5.56 Å². The van der Waals surface area contributed by atoms with E-state index in [9.17, 15) is 24.3 Å². The van der Waals surface area contributed by atoms with E-state index >= 15 is 0 Å². The number of carboxylic acids is 1. The third-order valence-electron chi connectivity index (χ3n) is 6.14. The third kappa shape index (κ3) is 9.41. The zero-order valence-corrected chi connectivity index (χ0v) is 24.2. The van der Waals surface area contributed by atoms with Gasteiger partial charge in [0.15, 0.2) is 5.78 Å². The molecule has 2 atom stereocenters. The van der Waals surface area contributed by atoms with Crippen molar-refractivity contribution in [1.29, 1.82) is 0 Å². The lowest BCUT2D eigenvalue weighted by Crippen LogP contribution is -2.54. The van der Waals surface area contributed by atoms with Crippen LogP contribution >= 0.6 is 11.8 Å². The van der Waals surface area contributed by atoms with E-state index in [0.29, 0.717) is 28.5 Å². The van der Waals surface area contributed by atoms with Crippen LogP contribution < -0.4 is 20.2 Å². The van der Waals surface area contributed by atoms with Crippen molar-refractivity contribution in [3.8, 4) is 17.1 Å². The molecule has 0 aliphatic carbocycles. The summed E-state index contributed by atoms with van der Waals surface area (Å²) in [5.41, 5.74) is 2.26. The number of Topliss-reactive ketones (excluding diaryl/α,β-unsaturated/α-hetero) is 1. The van der Waals surface area contributed by atoms with Crippen molar-refractivity contribution in [2.24, 2.45) is 13.0 Å². The molecule has 0 fully saturated rings. The molecule has 218 valence electrons. The monoisotopic (exact) mass is 583 g/mol. The van der Waals surface area contributed by atoms with E-state index in [4.69, 9.17) is 4.74 Å². The van der Waals surface area contributed by atoms with Crippen LogP contribution in [0.25, 0.3) is 11.4 Å². The van der Waals surface area contributed by atoms with E-state index in [1.165, 1.54) is 23.7 Å². The number of tetrazole rings is 1. The number of carbonyl (C=O) groups is 4. The van der Waals surface area contributed by atoms with E-state index < -0.39 is 42.1 Å². The van der Waals surface area contributed by atoms with Crippen LogP contribution in [0.3, 0.4) is 0 Å². The standard InChI is InChI=1S/C28H34N6O6S/c1-17(2)26(28(39)29-21(14-25(37)38)22(35)16-41-15-18-8-6-5-7-9-18)30-24(36)13-20-12-19(10-11-23(20)40-4)27-31-33-34(3)32-27/h5-12,17,21,26H,13-16H2,1-4H3,(H3,29,30,36,37,38,39)/p+1/t21?,26-/m0/s1. The first kappa shape index (κ1) is 31.3. The van der Waals surface area contributed by atoms with Gasteiger partial charge in [-0.15, -0.1) is 11.8 Å². The fraction of sp³-hybridized carbons (Fsp3) is 0.393. The first-order chi connectivity index (χ1) is 19.6. The van der Waals surface area contributed by atoms with E-state index in [2.05, 4.69) is 26.0 Å². The number of aromatic amines is 1. The molecular formula is C28H35N6O6S+. The number of carboxylic acid groups (broad SMARTS) is 1. The number of nitrogens with zero attached hydrogens (tertiary/aromatic N) is 3. The lowest BCUT2D eigenvalue weighted by Gasteiger charge is -2.24. The molecule has 3 aromatic rings. The van der Waals surface area contributed by atoms with Crippen LogP contribution in [-0.4, -0.2) is 69.0 Å². The zero-order valence-electron chi connectivity index (χ0n) is 23.4. The number of rotatable bonds is 15. The average Bonchev–Trinajstić information content (AvgIpc) is 3.37. The van der Waals surface area contributed by atoms with Crippen LogP contribution in [0.5, 0.6) is 5.75 Å². The number of thioether (sulfide) groups is 1. The Kier molecular flexibility index (Phi) is 11.4. The molecule has 1 unspecified atom stereocenters. The summed E-state index contributed by atoms with van der Waals surface area (Å²) < 4.78 is 5.41. The van der Waals surface area contributed by atoms with Crippen molar-refractivity contribution in [3.05, 3.63) is 59.7 Å². The molecule has 3 rings (SSSR count). The van der Waals surface area contributed by atoms with Crippen molar-refractivity contribution < 1.29 is 33.8 Å². The Morgan fingerprint density at radius 1 is 1.10 bits per heavy atom. The third-order valence-corrected chi connectivity index (χ3v) is 7.17. The molecule has 41 heavy (non-hydrogen) atoms. The fourth-order valence-electron chi connectivity index (χ4n) is 4.04. The Morgan fingerprint density at radius 2 is 1.83 bits per heavy atom. The fourth-order valence-corrected chi connectivity index (χ4v) is 4.98. The average molecular weight is 584 g/mol. The zero-order chi connectivity index (χ0) is 29.9. The number of amides is 2. The molecule has 1 heterocycles. The second-order valence-electron chi connectivity index (χ2n) is 9.76. The number of aliphatic carboxylic acids is 1. The minimum Gasteiger partial charge on any atom is -0.496 e. The molecule has 0 radical (unpaired) electrons. The van der Waals surface area contributed by atoms with Crippen LogP contribution in [0.4, 0.5) is 0 Å². The lowest BCUT2D eigenvalue weighted by atomic mass is 10.0. The van der Waals surface area contributed by atoms with Crippen LogP contribution in [0.2, 0.25) is 0 Å². The minimum absolute atomic E-state index is 0.0326. The number of ether oxygens (including phenoxy) is 1. The Hall–Kier alpha value is -4.26. The molecule has 13 heteroatoms. The van der Waals surface area contributed by atoms with Crippen molar-refractivity contribution >= 4 is 35.3 Å². The summed E-state index contributed by atoms with van der Waals surface area (Å²) in [5.74, 6) is -1.51. The number of nitrogens with one attached hydrogen (secondary N) is 3. The number of aromatic nitrogens is 4. The smallest absolute Gasteiger partial charge is 0.338 e. The van der Waals surface area contributed by atoms with Gasteiger partial charge in [-0.25, -0.2) is 0 Å². The number of hydrogen-bond acceptors (Lipinski definition) is 8. The van der Waals surface area contributed by atoms with Crippen LogP contribution in [0.15, 0.2) is 48.5 Å². The largest absolute Gasteiger partial charge is 0.496 e. The van der Waals surface area contributed by atoms with Crippen LogP contribution in [-0.2, 0) is 38.4 Å². The number of benzene rings is 2. The van der Waals surface area contributed by atoms with Gasteiger partial charge in [0.05, 0.1) is 42.4 Å². The first-order valence-corrected chi connectivity index (χ1v) is 14.1. The van der Waals surface area contributed by atoms with Crippen molar-refractivity contribution in [1.82, 2.24) is 26.0 Å². The second-order valence-corrected chi connectivity index (χ2v) is 10.7. The Balaban J connectivity index is 1.66. The van der Waals surface area contributed by atoms with Crippen molar-refractivity contribution in [2.45, 2.75) is 44.5 Å². The van der Waals surface area contributed by atoms with Crippen LogP contribution in [0.1, 0.15) is 31.4 Å². The summed E-state index contributed by atoms with van der Waals surface area (Å²) in [5, 5.41) is 25.7. The maximum absolute atomic E-state index is 13.2.